The lowest BCUT2D eigenvalue weighted by molar-refractivity contribution is -0.117. The van der Waals surface area contributed by atoms with Crippen LogP contribution in [0.2, 0.25) is 0 Å². The van der Waals surface area contributed by atoms with Gasteiger partial charge < -0.3 is 35.5 Å². The molecule has 0 bridgehead atoms. The Morgan fingerprint density at radius 3 is 1.62 bits per heavy atom. The molecule has 0 aliphatic rings. The zero-order chi connectivity index (χ0) is 20.5. The van der Waals surface area contributed by atoms with Gasteiger partial charge in [0.25, 0.3) is 0 Å². The Labute approximate surface area is 166 Å². The molecule has 0 aliphatic heterocycles. The minimum atomic E-state index is -1.70. The number of fused-ring (bicyclic) bond motifs is 2. The molecule has 0 saturated carbocycles. The van der Waals surface area contributed by atoms with Gasteiger partial charge in [0.1, 0.15) is 18.3 Å². The van der Waals surface area contributed by atoms with Crippen molar-refractivity contribution in [1.29, 1.82) is 0 Å². The van der Waals surface area contributed by atoms with Gasteiger partial charge in [0.05, 0.1) is 12.7 Å². The van der Waals surface area contributed by atoms with E-state index in [2.05, 4.69) is 9.97 Å². The Morgan fingerprint density at radius 2 is 1.14 bits per heavy atom. The van der Waals surface area contributed by atoms with Crippen LogP contribution in [0.1, 0.15) is 17.0 Å². The summed E-state index contributed by atoms with van der Waals surface area (Å²) in [7, 11) is 0. The van der Waals surface area contributed by atoms with Crippen LogP contribution in [0.4, 0.5) is 0 Å². The highest BCUT2D eigenvalue weighted by Gasteiger charge is 2.38. The largest absolute Gasteiger partial charge is 0.394 e. The molecule has 0 unspecified atom stereocenters. The van der Waals surface area contributed by atoms with Crippen LogP contribution in [0.15, 0.2) is 60.9 Å². The van der Waals surface area contributed by atoms with Crippen molar-refractivity contribution in [3.05, 3.63) is 72.1 Å². The fourth-order valence-corrected chi connectivity index (χ4v) is 3.97. The number of nitrogens with one attached hydrogen (secondary N) is 2. The quantitative estimate of drug-likeness (QED) is 0.252. The number of benzene rings is 2. The van der Waals surface area contributed by atoms with Crippen molar-refractivity contribution in [2.24, 2.45) is 0 Å². The number of H-pyrrole nitrogens is 2. The third-order valence-electron chi connectivity index (χ3n) is 5.54. The monoisotopic (exact) mass is 396 g/mol. The van der Waals surface area contributed by atoms with Gasteiger partial charge in [-0.1, -0.05) is 36.4 Å². The topological polar surface area (TPSA) is 133 Å². The van der Waals surface area contributed by atoms with E-state index < -0.39 is 36.9 Å². The summed E-state index contributed by atoms with van der Waals surface area (Å²) in [6, 6.07) is 15.2. The van der Waals surface area contributed by atoms with Crippen LogP contribution >= 0.6 is 0 Å². The minimum absolute atomic E-state index is 0.696. The van der Waals surface area contributed by atoms with E-state index in [4.69, 9.17) is 5.11 Å². The molecular formula is C22H24N2O5. The third-order valence-corrected chi connectivity index (χ3v) is 5.54. The van der Waals surface area contributed by atoms with Crippen LogP contribution < -0.4 is 0 Å². The average Bonchev–Trinajstić information content (AvgIpc) is 3.37. The average molecular weight is 396 g/mol. The van der Waals surface area contributed by atoms with E-state index >= 15 is 0 Å². The standard InChI is InChI=1S/C22H24N2O5/c25-11-18(26)20(27)22(29)21(28)19(14-9-23-16-7-3-1-5-12(14)16)15-10-24-17-8-4-2-6-13(15)17/h1-10,18-29H,11H2/t18-,20+,21+,22+/m1/s1. The molecule has 152 valence electrons. The summed E-state index contributed by atoms with van der Waals surface area (Å²) in [4.78, 5) is 6.36. The SMILES string of the molecule is OC[C@@H](O)[C@H](O)[C@H](O)[C@@H](O)C(c1c[nH]c2ccccc12)c1c[nH]c2ccccc12. The van der Waals surface area contributed by atoms with Crippen molar-refractivity contribution < 1.29 is 25.5 Å². The summed E-state index contributed by atoms with van der Waals surface area (Å²) in [5, 5.41) is 52.5. The summed E-state index contributed by atoms with van der Waals surface area (Å²) < 4.78 is 0. The molecule has 0 spiro atoms. The highest BCUT2D eigenvalue weighted by atomic mass is 16.4. The second kappa shape index (κ2) is 7.98. The van der Waals surface area contributed by atoms with Crippen LogP contribution in [-0.4, -0.2) is 66.5 Å². The van der Waals surface area contributed by atoms with Gasteiger partial charge in [0.15, 0.2) is 0 Å². The normalized spacial score (nSPS) is 16.3. The number of aromatic amines is 2. The lowest BCUT2D eigenvalue weighted by Gasteiger charge is -2.31. The smallest absolute Gasteiger partial charge is 0.111 e. The van der Waals surface area contributed by atoms with Gasteiger partial charge in [-0.15, -0.1) is 0 Å². The Bertz CT molecular complexity index is 1030. The molecular weight excluding hydrogens is 372 g/mol. The Morgan fingerprint density at radius 1 is 0.655 bits per heavy atom. The molecule has 0 saturated heterocycles. The molecule has 4 atom stereocenters. The highest BCUT2D eigenvalue weighted by Crippen LogP contribution is 2.38. The van der Waals surface area contributed by atoms with Crippen LogP contribution in [0, 0.1) is 0 Å². The van der Waals surface area contributed by atoms with E-state index in [0.29, 0.717) is 0 Å². The molecule has 0 amide bonds. The number of aliphatic hydroxyl groups excluding tert-OH is 5. The van der Waals surface area contributed by atoms with Gasteiger partial charge >= 0.3 is 0 Å². The van der Waals surface area contributed by atoms with Crippen molar-refractivity contribution in [3.63, 3.8) is 0 Å². The third kappa shape index (κ3) is 3.43. The van der Waals surface area contributed by atoms with Crippen LogP contribution in [-0.2, 0) is 0 Å². The van der Waals surface area contributed by atoms with E-state index in [1.54, 1.807) is 12.4 Å². The summed E-state index contributed by atoms with van der Waals surface area (Å²) in [6.07, 6.45) is -2.82. The Hall–Kier alpha value is -2.68. The number of hydrogen-bond donors (Lipinski definition) is 7. The van der Waals surface area contributed by atoms with Gasteiger partial charge in [-0.05, 0) is 23.3 Å². The molecule has 0 radical (unpaired) electrons. The molecule has 29 heavy (non-hydrogen) atoms. The molecule has 4 aromatic rings. The Kier molecular flexibility index (Phi) is 5.40. The molecule has 7 nitrogen and oxygen atoms in total. The predicted octanol–water partition coefficient (Wildman–Crippen LogP) is 1.22. The zero-order valence-corrected chi connectivity index (χ0v) is 15.6. The first kappa shape index (κ1) is 19.6. The van der Waals surface area contributed by atoms with Crippen molar-refractivity contribution in [1.82, 2.24) is 9.97 Å². The first-order chi connectivity index (χ1) is 14.0. The van der Waals surface area contributed by atoms with Crippen LogP contribution in [0.3, 0.4) is 0 Å². The summed E-state index contributed by atoms with van der Waals surface area (Å²) in [5.41, 5.74) is 3.26. The van der Waals surface area contributed by atoms with E-state index in [1.165, 1.54) is 0 Å². The number of hydrogen-bond acceptors (Lipinski definition) is 5. The number of rotatable bonds is 7. The molecule has 7 N–H and O–H groups in total. The Balaban J connectivity index is 1.86. The summed E-state index contributed by atoms with van der Waals surface area (Å²) in [5.74, 6) is -0.696. The lowest BCUT2D eigenvalue weighted by Crippen LogP contribution is -2.48. The maximum Gasteiger partial charge on any atom is 0.111 e. The fourth-order valence-electron chi connectivity index (χ4n) is 3.97. The van der Waals surface area contributed by atoms with Gasteiger partial charge in [0.2, 0.25) is 0 Å². The second-order valence-corrected chi connectivity index (χ2v) is 7.28. The van der Waals surface area contributed by atoms with Crippen LogP contribution in [0.5, 0.6) is 0 Å². The van der Waals surface area contributed by atoms with Crippen LogP contribution in [0.25, 0.3) is 21.8 Å². The number of para-hydroxylation sites is 2. The predicted molar refractivity (Wildman–Crippen MR) is 110 cm³/mol. The van der Waals surface area contributed by atoms with Crippen molar-refractivity contribution in [2.45, 2.75) is 30.3 Å². The number of aliphatic hydroxyl groups is 5. The zero-order valence-electron chi connectivity index (χ0n) is 15.6. The first-order valence-corrected chi connectivity index (χ1v) is 9.48. The molecule has 2 heterocycles. The second-order valence-electron chi connectivity index (χ2n) is 7.28. The lowest BCUT2D eigenvalue weighted by atomic mass is 9.82. The van der Waals surface area contributed by atoms with Gasteiger partial charge in [-0.2, -0.15) is 0 Å². The van der Waals surface area contributed by atoms with Gasteiger partial charge in [-0.3, -0.25) is 0 Å². The summed E-state index contributed by atoms with van der Waals surface area (Å²) >= 11 is 0. The van der Waals surface area contributed by atoms with Crippen molar-refractivity contribution >= 4 is 21.8 Å². The molecule has 7 heteroatoms. The maximum absolute atomic E-state index is 11.1. The van der Waals surface area contributed by atoms with E-state index in [1.807, 2.05) is 48.5 Å². The van der Waals surface area contributed by atoms with Crippen molar-refractivity contribution in [3.8, 4) is 0 Å². The maximum atomic E-state index is 11.1. The molecule has 2 aromatic heterocycles. The minimum Gasteiger partial charge on any atom is -0.394 e. The van der Waals surface area contributed by atoms with Gasteiger partial charge in [-0.25, -0.2) is 0 Å². The van der Waals surface area contributed by atoms with Crippen molar-refractivity contribution in [2.75, 3.05) is 6.61 Å². The van der Waals surface area contributed by atoms with E-state index in [0.717, 1.165) is 32.9 Å². The molecule has 0 fully saturated rings. The first-order valence-electron chi connectivity index (χ1n) is 9.48. The molecule has 0 aliphatic carbocycles. The molecule has 4 rings (SSSR count). The number of aromatic nitrogens is 2. The molecule has 2 aromatic carbocycles. The van der Waals surface area contributed by atoms with Gasteiger partial charge in [0, 0.05) is 40.1 Å². The fraction of sp³-hybridized carbons (Fsp3) is 0.273. The van der Waals surface area contributed by atoms with E-state index in [-0.39, 0.29) is 0 Å². The highest BCUT2D eigenvalue weighted by molar-refractivity contribution is 5.88. The summed E-state index contributed by atoms with van der Waals surface area (Å²) in [6.45, 7) is -0.726. The van der Waals surface area contributed by atoms with E-state index in [9.17, 15) is 20.4 Å².